The van der Waals surface area contributed by atoms with Gasteiger partial charge in [0.2, 0.25) is 0 Å². The Labute approximate surface area is 199 Å². The molecule has 2 aromatic rings. The Morgan fingerprint density at radius 2 is 1.75 bits per heavy atom. The molecule has 2 heterocycles. The van der Waals surface area contributed by atoms with Crippen LogP contribution in [-0.2, 0) is 4.79 Å². The van der Waals surface area contributed by atoms with Crippen molar-refractivity contribution in [1.29, 1.82) is 0 Å². The van der Waals surface area contributed by atoms with Gasteiger partial charge in [-0.05, 0) is 48.7 Å². The molecule has 2 aliphatic rings. The van der Waals surface area contributed by atoms with Crippen LogP contribution in [0.25, 0.3) is 0 Å². The number of nitrogens with one attached hydrogen (secondary N) is 1. The molecule has 1 amide bonds. The first-order chi connectivity index (χ1) is 15.5. The average Bonchev–Trinajstić information content (AvgIpc) is 2.94. The summed E-state index contributed by atoms with van der Waals surface area (Å²) in [6.07, 6.45) is 4.57. The van der Waals surface area contributed by atoms with Crippen molar-refractivity contribution in [3.05, 3.63) is 58.1 Å². The lowest BCUT2D eigenvalue weighted by molar-refractivity contribution is -0.119. The third-order valence-corrected chi connectivity index (χ3v) is 6.63. The summed E-state index contributed by atoms with van der Waals surface area (Å²) in [7, 11) is 1.64. The third-order valence-electron chi connectivity index (χ3n) is 6.10. The van der Waals surface area contributed by atoms with Gasteiger partial charge in [0.25, 0.3) is 5.91 Å². The van der Waals surface area contributed by atoms with Crippen LogP contribution in [0.15, 0.2) is 47.6 Å². The number of anilines is 1. The molecule has 1 saturated heterocycles. The summed E-state index contributed by atoms with van der Waals surface area (Å²) in [6.45, 7) is 3.75. The minimum atomic E-state index is -0.190. The van der Waals surface area contributed by atoms with Gasteiger partial charge in [-0.15, -0.1) is 0 Å². The summed E-state index contributed by atoms with van der Waals surface area (Å²) in [4.78, 5) is 13.2. The van der Waals surface area contributed by atoms with Crippen LogP contribution in [0, 0.1) is 5.92 Å². The fourth-order valence-corrected chi connectivity index (χ4v) is 4.86. The second-order valence-electron chi connectivity index (χ2n) is 8.27. The molecule has 0 bridgehead atoms. The number of ether oxygens (including phenoxy) is 1. The van der Waals surface area contributed by atoms with E-state index in [0.29, 0.717) is 21.4 Å². The second kappa shape index (κ2) is 10.1. The molecule has 2 aliphatic heterocycles. The number of methoxy groups -OCH3 is 1. The van der Waals surface area contributed by atoms with Crippen molar-refractivity contribution in [2.24, 2.45) is 11.0 Å². The minimum absolute atomic E-state index is 0.151. The quantitative estimate of drug-likeness (QED) is 0.624. The molecular weight excluding hydrogens is 447 g/mol. The summed E-state index contributed by atoms with van der Waals surface area (Å²) < 4.78 is 5.31. The molecule has 0 spiro atoms. The summed E-state index contributed by atoms with van der Waals surface area (Å²) in [5, 5.41) is 9.66. The smallest absolute Gasteiger partial charge is 0.282 e. The molecule has 8 heteroatoms. The van der Waals surface area contributed by atoms with Gasteiger partial charge >= 0.3 is 0 Å². The van der Waals surface area contributed by atoms with Crippen LogP contribution < -0.4 is 15.2 Å². The SMILES string of the molecule is COc1ccc([C@H]2[C@H](C)C(C(=O)NN3CCCCCC3)=NN2c2ccc(Cl)cc2Cl)cc1. The molecule has 0 saturated carbocycles. The molecular formula is C24H28Cl2N4O2. The van der Waals surface area contributed by atoms with Crippen molar-refractivity contribution >= 4 is 40.5 Å². The van der Waals surface area contributed by atoms with Crippen LogP contribution in [0.4, 0.5) is 5.69 Å². The predicted octanol–water partition coefficient (Wildman–Crippen LogP) is 5.46. The number of hydrazone groups is 1. The zero-order chi connectivity index (χ0) is 22.7. The number of rotatable bonds is 5. The maximum atomic E-state index is 13.2. The van der Waals surface area contributed by atoms with E-state index in [1.807, 2.05) is 47.3 Å². The van der Waals surface area contributed by atoms with Crippen molar-refractivity contribution in [3.63, 3.8) is 0 Å². The normalized spacial score (nSPS) is 21.8. The number of nitrogens with zero attached hydrogens (tertiary/aromatic N) is 3. The molecule has 1 fully saturated rings. The topological polar surface area (TPSA) is 57.2 Å². The van der Waals surface area contributed by atoms with Crippen molar-refractivity contribution in [2.45, 2.75) is 38.6 Å². The first kappa shape index (κ1) is 22.9. The highest BCUT2D eigenvalue weighted by molar-refractivity contribution is 6.41. The summed E-state index contributed by atoms with van der Waals surface area (Å²) in [5.41, 5.74) is 5.30. The van der Waals surface area contributed by atoms with Gasteiger partial charge < -0.3 is 4.74 Å². The molecule has 4 rings (SSSR count). The van der Waals surface area contributed by atoms with E-state index < -0.39 is 0 Å². The van der Waals surface area contributed by atoms with Crippen molar-refractivity contribution < 1.29 is 9.53 Å². The van der Waals surface area contributed by atoms with Crippen LogP contribution in [0.3, 0.4) is 0 Å². The van der Waals surface area contributed by atoms with Crippen LogP contribution >= 0.6 is 23.2 Å². The van der Waals surface area contributed by atoms with E-state index in [0.717, 1.165) is 37.2 Å². The van der Waals surface area contributed by atoms with Crippen LogP contribution in [-0.4, -0.2) is 36.8 Å². The van der Waals surface area contributed by atoms with E-state index in [1.165, 1.54) is 12.8 Å². The Morgan fingerprint density at radius 1 is 1.06 bits per heavy atom. The standard InChI is InChI=1S/C24H28Cl2N4O2/c1-16-22(24(31)28-29-13-5-3-4-6-14-29)27-30(21-12-9-18(25)15-20(21)26)23(16)17-7-10-19(32-2)11-8-17/h7-12,15-16,23H,3-6,13-14H2,1-2H3,(H,28,31)/t16-,23-/m1/s1. The molecule has 2 aromatic carbocycles. The number of hydrazine groups is 1. The van der Waals surface area contributed by atoms with Crippen molar-refractivity contribution in [2.75, 3.05) is 25.2 Å². The van der Waals surface area contributed by atoms with Crippen molar-refractivity contribution in [3.8, 4) is 5.75 Å². The molecule has 0 aliphatic carbocycles. The summed E-state index contributed by atoms with van der Waals surface area (Å²) in [5.74, 6) is 0.461. The Kier molecular flexibility index (Phi) is 7.23. The molecule has 0 aromatic heterocycles. The molecule has 1 N–H and O–H groups in total. The molecule has 2 atom stereocenters. The number of hydrogen-bond donors (Lipinski definition) is 1. The maximum Gasteiger partial charge on any atom is 0.282 e. The Hall–Kier alpha value is -2.28. The number of hydrogen-bond acceptors (Lipinski definition) is 5. The number of halogens is 2. The molecule has 170 valence electrons. The molecule has 0 unspecified atom stereocenters. The zero-order valence-corrected chi connectivity index (χ0v) is 19.9. The van der Waals surface area contributed by atoms with E-state index in [2.05, 4.69) is 5.43 Å². The first-order valence-corrected chi connectivity index (χ1v) is 11.8. The highest BCUT2D eigenvalue weighted by Gasteiger charge is 2.40. The van der Waals surface area contributed by atoms with E-state index in [-0.39, 0.29) is 17.9 Å². The number of amides is 1. The van der Waals surface area contributed by atoms with Gasteiger partial charge in [0.1, 0.15) is 11.5 Å². The largest absolute Gasteiger partial charge is 0.497 e. The van der Waals surface area contributed by atoms with Gasteiger partial charge in [-0.25, -0.2) is 5.01 Å². The number of benzene rings is 2. The van der Waals surface area contributed by atoms with Gasteiger partial charge in [-0.3, -0.25) is 15.2 Å². The molecule has 6 nitrogen and oxygen atoms in total. The monoisotopic (exact) mass is 474 g/mol. The van der Waals surface area contributed by atoms with Crippen LogP contribution in [0.2, 0.25) is 10.0 Å². The average molecular weight is 475 g/mol. The van der Waals surface area contributed by atoms with Gasteiger partial charge in [0.15, 0.2) is 0 Å². The lowest BCUT2D eigenvalue weighted by atomic mass is 9.91. The lowest BCUT2D eigenvalue weighted by Crippen LogP contribution is -2.46. The van der Waals surface area contributed by atoms with E-state index in [1.54, 1.807) is 19.2 Å². The van der Waals surface area contributed by atoms with Crippen LogP contribution in [0.5, 0.6) is 5.75 Å². The summed E-state index contributed by atoms with van der Waals surface area (Å²) >= 11 is 12.7. The minimum Gasteiger partial charge on any atom is -0.497 e. The van der Waals surface area contributed by atoms with Crippen LogP contribution in [0.1, 0.15) is 44.2 Å². The van der Waals surface area contributed by atoms with Gasteiger partial charge in [-0.2, -0.15) is 5.10 Å². The van der Waals surface area contributed by atoms with Gasteiger partial charge in [-0.1, -0.05) is 55.1 Å². The van der Waals surface area contributed by atoms with Gasteiger partial charge in [0.05, 0.1) is 23.9 Å². The Bertz CT molecular complexity index is 988. The number of carbonyl (C=O) groups excluding carboxylic acids is 1. The predicted molar refractivity (Wildman–Crippen MR) is 129 cm³/mol. The first-order valence-electron chi connectivity index (χ1n) is 11.0. The third kappa shape index (κ3) is 4.87. The lowest BCUT2D eigenvalue weighted by Gasteiger charge is -2.28. The van der Waals surface area contributed by atoms with Gasteiger partial charge in [0, 0.05) is 24.0 Å². The maximum absolute atomic E-state index is 13.2. The Balaban J connectivity index is 1.66. The highest BCUT2D eigenvalue weighted by Crippen LogP contribution is 2.42. The Morgan fingerprint density at radius 3 is 2.38 bits per heavy atom. The second-order valence-corrected chi connectivity index (χ2v) is 9.12. The van der Waals surface area contributed by atoms with Crippen molar-refractivity contribution in [1.82, 2.24) is 10.4 Å². The van der Waals surface area contributed by atoms with E-state index in [4.69, 9.17) is 33.0 Å². The van der Waals surface area contributed by atoms with E-state index in [9.17, 15) is 4.79 Å². The molecule has 0 radical (unpaired) electrons. The fourth-order valence-electron chi connectivity index (χ4n) is 4.37. The van der Waals surface area contributed by atoms with E-state index >= 15 is 0 Å². The molecule has 32 heavy (non-hydrogen) atoms. The highest BCUT2D eigenvalue weighted by atomic mass is 35.5. The zero-order valence-electron chi connectivity index (χ0n) is 18.4. The summed E-state index contributed by atoms with van der Waals surface area (Å²) in [6, 6.07) is 13.0. The fraction of sp³-hybridized carbons (Fsp3) is 0.417. The number of carbonyl (C=O) groups is 1.